The van der Waals surface area contributed by atoms with Gasteiger partial charge >= 0.3 is 0 Å². The van der Waals surface area contributed by atoms with Crippen LogP contribution in [0.4, 0.5) is 0 Å². The van der Waals surface area contributed by atoms with Gasteiger partial charge < -0.3 is 0 Å². The zero-order valence-electron chi connectivity index (χ0n) is 83.1. The Hall–Kier alpha value is -18.4. The Morgan fingerprint density at radius 3 is 0.615 bits per heavy atom. The number of aromatic nitrogens is 6. The highest BCUT2D eigenvalue weighted by Gasteiger charge is 2.25. The first-order chi connectivity index (χ1) is 73.0. The molecule has 27 rings (SSSR count). The van der Waals surface area contributed by atoms with Gasteiger partial charge in [0.2, 0.25) is 0 Å². The molecular formula is C142H104N6. The second-order valence-corrected chi connectivity index (χ2v) is 39.4. The summed E-state index contributed by atoms with van der Waals surface area (Å²) in [5.41, 5.74) is 39.0. The molecule has 0 aliphatic rings. The molecule has 702 valence electrons. The van der Waals surface area contributed by atoms with E-state index in [9.17, 15) is 0 Å². The van der Waals surface area contributed by atoms with Crippen LogP contribution in [0.3, 0.4) is 0 Å². The van der Waals surface area contributed by atoms with Crippen LogP contribution in [0.2, 0.25) is 0 Å². The van der Waals surface area contributed by atoms with Gasteiger partial charge in [0.25, 0.3) is 0 Å². The van der Waals surface area contributed by atoms with Crippen LogP contribution in [-0.2, 0) is 38.5 Å². The molecular weight excluding hydrogens is 1790 g/mol. The van der Waals surface area contributed by atoms with Gasteiger partial charge in [0.05, 0.1) is 33.1 Å². The first-order valence-corrected chi connectivity index (χ1v) is 51.4. The normalized spacial score (nSPS) is 11.5. The molecule has 0 N–H and O–H groups in total. The molecule has 6 nitrogen and oxygen atoms in total. The molecule has 0 fully saturated rings. The molecule has 0 radical (unpaired) electrons. The van der Waals surface area contributed by atoms with Crippen LogP contribution >= 0.6 is 0 Å². The average molecular weight is 1890 g/mol. The van der Waals surface area contributed by atoms with E-state index in [1.165, 1.54) is 187 Å². The summed E-state index contributed by atoms with van der Waals surface area (Å²) in [6, 6.07) is 175. The second-order valence-electron chi connectivity index (χ2n) is 39.4. The Morgan fingerprint density at radius 2 is 0.345 bits per heavy atom. The number of hydrogen-bond acceptors (Lipinski definition) is 6. The van der Waals surface area contributed by atoms with Crippen molar-refractivity contribution in [3.8, 4) is 66.8 Å². The number of rotatable bonds is 18. The SMILES string of the molecule is Cc1ccc2ccccc2c1Cc1cc(-c2ccccc2)c2ccc3c(-c4ccccc4)cc(Cc4c(C)ccc5ccccc45)nc3c2n1.Cc1cccc2cccc(Cc3cc(-c4ccccc4)c4ccc5c(-c6ccccc6)cc(Cc6cccc7cccc(C)c67)nc5c4n3)c12.c1ccc(-c2cc(Cc3cccc4ccccc34)nc3c2ccc2c(-c4ccccc4)cc(Cc4cccc5ccccc45)nc23)cc1. The molecule has 148 heavy (non-hydrogen) atoms. The second kappa shape index (κ2) is 39.7. The van der Waals surface area contributed by atoms with Gasteiger partial charge in [0.1, 0.15) is 0 Å². The number of pyridine rings is 6. The van der Waals surface area contributed by atoms with Crippen LogP contribution in [0.5, 0.6) is 0 Å². The van der Waals surface area contributed by atoms with Crippen molar-refractivity contribution in [1.82, 2.24) is 29.9 Å². The third kappa shape index (κ3) is 17.9. The molecule has 0 atom stereocenters. The summed E-state index contributed by atoms with van der Waals surface area (Å²) >= 11 is 0. The van der Waals surface area contributed by atoms with E-state index in [0.717, 1.165) is 138 Å². The first-order valence-electron chi connectivity index (χ1n) is 51.4. The third-order valence-corrected chi connectivity index (χ3v) is 30.0. The van der Waals surface area contributed by atoms with Crippen LogP contribution in [-0.4, -0.2) is 29.9 Å². The van der Waals surface area contributed by atoms with Gasteiger partial charge in [-0.3, -0.25) is 29.9 Å². The maximum atomic E-state index is 5.52. The lowest BCUT2D eigenvalue weighted by atomic mass is 9.92. The zero-order valence-corrected chi connectivity index (χ0v) is 83.1. The van der Waals surface area contributed by atoms with Crippen molar-refractivity contribution in [2.75, 3.05) is 0 Å². The molecule has 0 aliphatic heterocycles. The van der Waals surface area contributed by atoms with E-state index in [0.29, 0.717) is 0 Å². The predicted octanol–water partition coefficient (Wildman–Crippen LogP) is 36.0. The first kappa shape index (κ1) is 90.9. The molecule has 0 saturated heterocycles. The van der Waals surface area contributed by atoms with E-state index >= 15 is 0 Å². The average Bonchev–Trinajstić information content (AvgIpc) is 0.745. The number of nitrogens with zero attached hydrogens (tertiary/aromatic N) is 6. The van der Waals surface area contributed by atoms with E-state index in [4.69, 9.17) is 29.9 Å². The van der Waals surface area contributed by atoms with Gasteiger partial charge in [-0.1, -0.05) is 449 Å². The maximum absolute atomic E-state index is 5.52. The van der Waals surface area contributed by atoms with Crippen LogP contribution in [0.1, 0.15) is 89.8 Å². The third-order valence-electron chi connectivity index (χ3n) is 30.0. The van der Waals surface area contributed by atoms with E-state index in [2.05, 4.69) is 513 Å². The molecule has 6 aromatic heterocycles. The monoisotopic (exact) mass is 1890 g/mol. The van der Waals surface area contributed by atoms with Crippen molar-refractivity contribution >= 4 is 130 Å². The van der Waals surface area contributed by atoms with Gasteiger partial charge in [0.15, 0.2) is 0 Å². The summed E-state index contributed by atoms with van der Waals surface area (Å²) in [6.45, 7) is 8.84. The highest BCUT2D eigenvalue weighted by atomic mass is 14.8. The smallest absolute Gasteiger partial charge is 0.0974 e. The van der Waals surface area contributed by atoms with Gasteiger partial charge in [-0.25, -0.2) is 0 Å². The molecule has 0 unspecified atom stereocenters. The van der Waals surface area contributed by atoms with Gasteiger partial charge in [-0.15, -0.1) is 0 Å². The minimum Gasteiger partial charge on any atom is -0.250 e. The van der Waals surface area contributed by atoms with Crippen LogP contribution in [0.25, 0.3) is 197 Å². The molecule has 27 aromatic rings. The van der Waals surface area contributed by atoms with E-state index < -0.39 is 0 Å². The van der Waals surface area contributed by atoms with Crippen molar-refractivity contribution in [3.63, 3.8) is 0 Å². The summed E-state index contributed by atoms with van der Waals surface area (Å²) in [5, 5.41) is 22.0. The van der Waals surface area contributed by atoms with Crippen molar-refractivity contribution in [3.05, 3.63) is 575 Å². The highest BCUT2D eigenvalue weighted by molar-refractivity contribution is 6.16. The molecule has 0 bridgehead atoms. The maximum Gasteiger partial charge on any atom is 0.0974 e. The largest absolute Gasteiger partial charge is 0.250 e. The van der Waals surface area contributed by atoms with Crippen molar-refractivity contribution in [2.45, 2.75) is 66.2 Å². The summed E-state index contributed by atoms with van der Waals surface area (Å²) < 4.78 is 0. The lowest BCUT2D eigenvalue weighted by Gasteiger charge is -2.17. The minimum absolute atomic E-state index is 0.731. The van der Waals surface area contributed by atoms with Crippen LogP contribution in [0, 0.1) is 27.7 Å². The molecule has 6 heterocycles. The molecule has 0 spiro atoms. The van der Waals surface area contributed by atoms with Crippen LogP contribution in [0.15, 0.2) is 485 Å². The molecule has 0 amide bonds. The lowest BCUT2D eigenvalue weighted by Crippen LogP contribution is -2.01. The number of benzene rings is 21. The lowest BCUT2D eigenvalue weighted by molar-refractivity contribution is 1.08. The predicted molar refractivity (Wildman–Crippen MR) is 623 cm³/mol. The summed E-state index contributed by atoms with van der Waals surface area (Å²) in [4.78, 5) is 33.0. The summed E-state index contributed by atoms with van der Waals surface area (Å²) in [5.74, 6) is 0. The van der Waals surface area contributed by atoms with Gasteiger partial charge in [0, 0.05) is 105 Å². The van der Waals surface area contributed by atoms with Gasteiger partial charge in [-0.2, -0.15) is 0 Å². The zero-order chi connectivity index (χ0) is 99.1. The molecule has 6 heteroatoms. The fraction of sp³-hybridized carbons (Fsp3) is 0.0704. The quantitative estimate of drug-likeness (QED) is 0.0797. The van der Waals surface area contributed by atoms with Crippen molar-refractivity contribution in [1.29, 1.82) is 0 Å². The molecule has 0 aliphatic carbocycles. The fourth-order valence-corrected chi connectivity index (χ4v) is 22.9. The van der Waals surface area contributed by atoms with Gasteiger partial charge in [-0.05, 0) is 251 Å². The van der Waals surface area contributed by atoms with Crippen LogP contribution < -0.4 is 0 Å². The van der Waals surface area contributed by atoms with E-state index in [1.807, 2.05) is 0 Å². The standard InChI is InChI=1S/2C48H36N2.C46H32N2/c1-31-13-9-19-35-21-11-23-37(45(31)35)27-39-29-43(33-15-5-3-6-16-33)41-25-26-42-44(34-17-7-4-8-18-34)30-40(50-48(42)47(41)49-39)28-38-24-12-22-36-20-10-14-32(2)46(36)38;1-31-21-23-35-17-9-11-19-39(35)43(31)27-37-29-45(33-13-5-3-6-14-33)41-25-26-42-46(34-15-7-4-8-16-34)30-38(50-48(42)47(41)49-37)28-44-32(2)22-24-36-18-10-12-20-40(36)44;1-3-13-33(14-4-1)43-29-37(27-35-21-11-19-31-17-7-9-23-39(31)35)47-45-41(43)25-26-42-44(34-15-5-2-6-16-34)30-38(48-46(42)45)28-36-22-12-20-32-18-8-10-24-40(32)36/h2*3-26,29-30H,27-28H2,1-2H3;1-26,29-30H,27-28H2. The Bertz CT molecular complexity index is 9230. The highest BCUT2D eigenvalue weighted by Crippen LogP contribution is 2.45. The van der Waals surface area contributed by atoms with Crippen molar-refractivity contribution < 1.29 is 0 Å². The molecule has 0 saturated carbocycles. The molecule has 21 aromatic carbocycles. The van der Waals surface area contributed by atoms with E-state index in [-0.39, 0.29) is 0 Å². The Kier molecular flexibility index (Phi) is 24.4. The Labute approximate surface area is 861 Å². The summed E-state index contributed by atoms with van der Waals surface area (Å²) in [6.07, 6.45) is 4.40. The topological polar surface area (TPSA) is 77.3 Å². The fourth-order valence-electron chi connectivity index (χ4n) is 22.9. The summed E-state index contributed by atoms with van der Waals surface area (Å²) in [7, 11) is 0. The minimum atomic E-state index is 0.731. The Morgan fingerprint density at radius 1 is 0.142 bits per heavy atom. The van der Waals surface area contributed by atoms with E-state index in [1.54, 1.807) is 0 Å². The number of aryl methyl sites for hydroxylation is 4. The number of hydrogen-bond donors (Lipinski definition) is 0. The Balaban J connectivity index is 0.000000115. The number of fused-ring (bicyclic) bond motifs is 15. The van der Waals surface area contributed by atoms with Crippen molar-refractivity contribution in [2.24, 2.45) is 0 Å².